The fourth-order valence-corrected chi connectivity index (χ4v) is 2.09. The van der Waals surface area contributed by atoms with Gasteiger partial charge in [0.2, 0.25) is 5.91 Å². The minimum Gasteiger partial charge on any atom is -0.324 e. The largest absolute Gasteiger partial charge is 0.324 e. The van der Waals surface area contributed by atoms with E-state index in [9.17, 15) is 14.9 Å². The van der Waals surface area contributed by atoms with Gasteiger partial charge in [0.1, 0.15) is 0 Å². The van der Waals surface area contributed by atoms with Gasteiger partial charge in [-0.05, 0) is 25.1 Å². The van der Waals surface area contributed by atoms with Gasteiger partial charge in [0.05, 0.1) is 17.7 Å². The Morgan fingerprint density at radius 1 is 1.50 bits per heavy atom. The van der Waals surface area contributed by atoms with Crippen molar-refractivity contribution in [2.75, 3.05) is 5.32 Å². The smallest absolute Gasteiger partial charge is 0.254 e. The first-order valence-electron chi connectivity index (χ1n) is 5.98. The molecule has 8 nitrogen and oxygen atoms in total. The van der Waals surface area contributed by atoms with E-state index in [1.165, 1.54) is 6.07 Å². The lowest BCUT2D eigenvalue weighted by molar-refractivity contribution is -0.522. The molecule has 2 rings (SSSR count). The molecule has 0 saturated carbocycles. The van der Waals surface area contributed by atoms with Crippen molar-refractivity contribution in [3.05, 3.63) is 39.9 Å². The number of nitrogens with one attached hydrogen (secondary N) is 3. The van der Waals surface area contributed by atoms with E-state index in [-0.39, 0.29) is 0 Å². The first kappa shape index (κ1) is 13.9. The Morgan fingerprint density at radius 3 is 2.90 bits per heavy atom. The standard InChI is InChI=1S/C12H13N5O3/c1-7-11(17(19)20)10(16-15-7)12(18)14-9-4-2-3-8(5-9)6-13/h2-5,7,10-11,15-16H,1H3,(H,14,18). The van der Waals surface area contributed by atoms with Crippen LogP contribution in [0, 0.1) is 21.4 Å². The van der Waals surface area contributed by atoms with Crippen LogP contribution in [0.1, 0.15) is 12.5 Å². The van der Waals surface area contributed by atoms with Crippen LogP contribution in [0.4, 0.5) is 5.69 Å². The van der Waals surface area contributed by atoms with E-state index in [0.29, 0.717) is 11.3 Å². The van der Waals surface area contributed by atoms with Gasteiger partial charge >= 0.3 is 0 Å². The van der Waals surface area contributed by atoms with E-state index in [4.69, 9.17) is 5.26 Å². The Labute approximate surface area is 114 Å². The maximum Gasteiger partial charge on any atom is 0.254 e. The van der Waals surface area contributed by atoms with Gasteiger partial charge in [-0.3, -0.25) is 14.9 Å². The van der Waals surface area contributed by atoms with Crippen molar-refractivity contribution < 1.29 is 9.72 Å². The molecule has 0 radical (unpaired) electrons. The maximum atomic E-state index is 12.1. The van der Waals surface area contributed by atoms with Crippen LogP contribution in [-0.4, -0.2) is 29.0 Å². The van der Waals surface area contributed by atoms with Gasteiger partial charge < -0.3 is 5.32 Å². The summed E-state index contributed by atoms with van der Waals surface area (Å²) in [5.41, 5.74) is 6.13. The quantitative estimate of drug-likeness (QED) is 0.528. The van der Waals surface area contributed by atoms with E-state index >= 15 is 0 Å². The Hall–Kier alpha value is -2.50. The van der Waals surface area contributed by atoms with E-state index in [0.717, 1.165) is 0 Å². The van der Waals surface area contributed by atoms with Crippen molar-refractivity contribution in [3.8, 4) is 6.07 Å². The average Bonchev–Trinajstić information content (AvgIpc) is 2.81. The molecule has 1 aliphatic rings. The summed E-state index contributed by atoms with van der Waals surface area (Å²) in [7, 11) is 0. The third-order valence-corrected chi connectivity index (χ3v) is 3.11. The summed E-state index contributed by atoms with van der Waals surface area (Å²) in [5.74, 6) is -0.515. The Balaban J connectivity index is 2.12. The van der Waals surface area contributed by atoms with Crippen molar-refractivity contribution in [2.45, 2.75) is 25.0 Å². The Bertz CT molecular complexity index is 583. The molecule has 3 unspecified atom stereocenters. The van der Waals surface area contributed by atoms with Crippen LogP contribution in [0.2, 0.25) is 0 Å². The molecule has 1 aromatic carbocycles. The molecule has 8 heteroatoms. The number of carbonyl (C=O) groups is 1. The highest BCUT2D eigenvalue weighted by atomic mass is 16.6. The number of nitriles is 1. The topological polar surface area (TPSA) is 120 Å². The second-order valence-electron chi connectivity index (χ2n) is 4.51. The van der Waals surface area contributed by atoms with Crippen LogP contribution < -0.4 is 16.2 Å². The highest BCUT2D eigenvalue weighted by Gasteiger charge is 2.46. The lowest BCUT2D eigenvalue weighted by Crippen LogP contribution is -2.47. The molecule has 0 spiro atoms. The fraction of sp³-hybridized carbons (Fsp3) is 0.333. The molecule has 1 heterocycles. The second kappa shape index (κ2) is 5.64. The normalized spacial score (nSPS) is 24.9. The van der Waals surface area contributed by atoms with Crippen molar-refractivity contribution >= 4 is 11.6 Å². The summed E-state index contributed by atoms with van der Waals surface area (Å²) >= 11 is 0. The van der Waals surface area contributed by atoms with Crippen LogP contribution in [0.3, 0.4) is 0 Å². The molecule has 3 atom stereocenters. The Morgan fingerprint density at radius 2 is 2.25 bits per heavy atom. The second-order valence-corrected chi connectivity index (χ2v) is 4.51. The molecule has 0 bridgehead atoms. The summed E-state index contributed by atoms with van der Waals surface area (Å²) < 4.78 is 0. The van der Waals surface area contributed by atoms with Gasteiger partial charge in [0, 0.05) is 10.6 Å². The zero-order valence-electron chi connectivity index (χ0n) is 10.7. The first-order valence-corrected chi connectivity index (χ1v) is 5.98. The molecule has 1 saturated heterocycles. The summed E-state index contributed by atoms with van der Waals surface area (Å²) in [6, 6.07) is 5.84. The number of nitro groups is 1. The fourth-order valence-electron chi connectivity index (χ4n) is 2.09. The molecule has 104 valence electrons. The summed E-state index contributed by atoms with van der Waals surface area (Å²) in [5, 5.41) is 22.3. The lowest BCUT2D eigenvalue weighted by atomic mass is 10.0. The SMILES string of the molecule is CC1NNC(C(=O)Nc2cccc(C#N)c2)C1[N+](=O)[O-]. The number of nitrogens with zero attached hydrogens (tertiary/aromatic N) is 2. The van der Waals surface area contributed by atoms with Gasteiger partial charge in [0.15, 0.2) is 6.04 Å². The number of benzene rings is 1. The highest BCUT2D eigenvalue weighted by molar-refractivity contribution is 5.95. The summed E-state index contributed by atoms with van der Waals surface area (Å²) in [6.45, 7) is 1.63. The number of hydrazine groups is 1. The molecule has 0 aromatic heterocycles. The predicted molar refractivity (Wildman–Crippen MR) is 70.1 cm³/mol. The average molecular weight is 275 g/mol. The summed E-state index contributed by atoms with van der Waals surface area (Å²) in [6.07, 6.45) is 0. The van der Waals surface area contributed by atoms with Gasteiger partial charge in [-0.15, -0.1) is 0 Å². The molecule has 1 fully saturated rings. The molecule has 20 heavy (non-hydrogen) atoms. The zero-order valence-corrected chi connectivity index (χ0v) is 10.7. The van der Waals surface area contributed by atoms with Gasteiger partial charge in [0.25, 0.3) is 6.04 Å². The first-order chi connectivity index (χ1) is 9.52. The molecule has 1 aliphatic heterocycles. The molecular formula is C12H13N5O3. The number of rotatable bonds is 3. The third kappa shape index (κ3) is 2.74. The van der Waals surface area contributed by atoms with Crippen molar-refractivity contribution in [2.24, 2.45) is 0 Å². The molecule has 0 aliphatic carbocycles. The van der Waals surface area contributed by atoms with Crippen LogP contribution in [0.5, 0.6) is 0 Å². The number of hydrogen-bond acceptors (Lipinski definition) is 6. The number of hydrogen-bond donors (Lipinski definition) is 3. The monoisotopic (exact) mass is 275 g/mol. The lowest BCUT2D eigenvalue weighted by Gasteiger charge is -2.13. The van der Waals surface area contributed by atoms with Gasteiger partial charge in [-0.25, -0.2) is 10.9 Å². The van der Waals surface area contributed by atoms with E-state index in [1.807, 2.05) is 6.07 Å². The highest BCUT2D eigenvalue weighted by Crippen LogP contribution is 2.14. The third-order valence-electron chi connectivity index (χ3n) is 3.11. The maximum absolute atomic E-state index is 12.1. The molecule has 1 aromatic rings. The van der Waals surface area contributed by atoms with Gasteiger partial charge in [-0.2, -0.15) is 5.26 Å². The molecular weight excluding hydrogens is 262 g/mol. The predicted octanol–water partition coefficient (Wildman–Crippen LogP) is 0.00698. The number of anilines is 1. The number of carbonyl (C=O) groups excluding carboxylic acids is 1. The van der Waals surface area contributed by atoms with E-state index < -0.39 is 29.0 Å². The summed E-state index contributed by atoms with van der Waals surface area (Å²) in [4.78, 5) is 22.6. The van der Waals surface area contributed by atoms with Crippen LogP contribution >= 0.6 is 0 Å². The van der Waals surface area contributed by atoms with Crippen LogP contribution in [-0.2, 0) is 4.79 Å². The minimum atomic E-state index is -1.05. The van der Waals surface area contributed by atoms with Crippen LogP contribution in [0.25, 0.3) is 0 Å². The Kier molecular flexibility index (Phi) is 3.93. The number of amides is 1. The minimum absolute atomic E-state index is 0.402. The van der Waals surface area contributed by atoms with Crippen LogP contribution in [0.15, 0.2) is 24.3 Å². The van der Waals surface area contributed by atoms with Crippen molar-refractivity contribution in [3.63, 3.8) is 0 Å². The van der Waals surface area contributed by atoms with Crippen molar-refractivity contribution in [1.82, 2.24) is 10.9 Å². The van der Waals surface area contributed by atoms with Crippen molar-refractivity contribution in [1.29, 1.82) is 5.26 Å². The molecule has 3 N–H and O–H groups in total. The van der Waals surface area contributed by atoms with E-state index in [2.05, 4.69) is 16.2 Å². The van der Waals surface area contributed by atoms with E-state index in [1.54, 1.807) is 25.1 Å². The van der Waals surface area contributed by atoms with Gasteiger partial charge in [-0.1, -0.05) is 6.07 Å². The molecule has 1 amide bonds. The zero-order chi connectivity index (χ0) is 14.7.